The summed E-state index contributed by atoms with van der Waals surface area (Å²) in [6.45, 7) is 7.11. The second kappa shape index (κ2) is 9.74. The van der Waals surface area contributed by atoms with E-state index < -0.39 is 0 Å². The molecule has 34 heavy (non-hydrogen) atoms. The van der Waals surface area contributed by atoms with Crippen LogP contribution in [0.2, 0.25) is 0 Å². The van der Waals surface area contributed by atoms with Gasteiger partial charge in [0.15, 0.2) is 0 Å². The molecule has 174 valence electrons. The van der Waals surface area contributed by atoms with Gasteiger partial charge in [-0.05, 0) is 56.0 Å². The van der Waals surface area contributed by atoms with Crippen LogP contribution in [-0.4, -0.2) is 35.0 Å². The smallest absolute Gasteiger partial charge is 0.326 e. The van der Waals surface area contributed by atoms with E-state index in [0.29, 0.717) is 0 Å². The number of hydrogen-bond donors (Lipinski definition) is 2. The summed E-state index contributed by atoms with van der Waals surface area (Å²) < 4.78 is 0. The fraction of sp³-hybridized carbons (Fsp3) is 0.276. The summed E-state index contributed by atoms with van der Waals surface area (Å²) in [6, 6.07) is 26.6. The van der Waals surface area contributed by atoms with Crippen molar-refractivity contribution in [3.05, 3.63) is 95.7 Å². The van der Waals surface area contributed by atoms with Gasteiger partial charge in [-0.25, -0.2) is 4.79 Å². The Labute approximate surface area is 201 Å². The first-order chi connectivity index (χ1) is 16.6. The number of fused-ring (bicyclic) bond motifs is 1. The number of rotatable bonds is 5. The largest absolute Gasteiger partial charge is 0.357 e. The second-order valence-corrected chi connectivity index (χ2v) is 9.23. The van der Waals surface area contributed by atoms with Gasteiger partial charge < -0.3 is 10.3 Å². The normalized spacial score (nSPS) is 14.9. The van der Waals surface area contributed by atoms with E-state index in [4.69, 9.17) is 0 Å². The highest BCUT2D eigenvalue weighted by Gasteiger charge is 2.31. The lowest BCUT2D eigenvalue weighted by atomic mass is 10.0. The fourth-order valence-electron chi connectivity index (χ4n) is 5.02. The highest BCUT2D eigenvalue weighted by molar-refractivity contribution is 6.08. The molecule has 1 fully saturated rings. The SMILES string of the molecule is Cc1[nH]c2c(N(C(=O)Nc3ccccc3)C3CCN(Cc4ccccc4)CC3)cccc2c1C. The maximum absolute atomic E-state index is 13.7. The molecule has 2 heterocycles. The lowest BCUT2D eigenvalue weighted by Gasteiger charge is -2.38. The molecule has 3 aromatic carbocycles. The predicted octanol–water partition coefficient (Wildman–Crippen LogP) is 6.49. The average Bonchev–Trinajstić information content (AvgIpc) is 3.16. The summed E-state index contributed by atoms with van der Waals surface area (Å²) in [7, 11) is 0. The number of urea groups is 1. The number of piperidine rings is 1. The summed E-state index contributed by atoms with van der Waals surface area (Å²) >= 11 is 0. The molecule has 5 rings (SSSR count). The van der Waals surface area contributed by atoms with Crippen LogP contribution in [0.4, 0.5) is 16.2 Å². The minimum atomic E-state index is -0.0786. The van der Waals surface area contributed by atoms with Crippen molar-refractivity contribution in [2.45, 2.75) is 39.3 Å². The molecule has 1 aromatic heterocycles. The number of benzene rings is 3. The molecule has 0 radical (unpaired) electrons. The van der Waals surface area contributed by atoms with E-state index in [-0.39, 0.29) is 12.1 Å². The number of hydrogen-bond acceptors (Lipinski definition) is 2. The van der Waals surface area contributed by atoms with Crippen LogP contribution < -0.4 is 10.2 Å². The third-order valence-corrected chi connectivity index (χ3v) is 7.00. The second-order valence-electron chi connectivity index (χ2n) is 9.23. The van der Waals surface area contributed by atoms with Crippen molar-refractivity contribution >= 4 is 28.3 Å². The van der Waals surface area contributed by atoms with Crippen molar-refractivity contribution in [2.24, 2.45) is 0 Å². The van der Waals surface area contributed by atoms with Crippen LogP contribution in [0.5, 0.6) is 0 Å². The number of carbonyl (C=O) groups is 1. The van der Waals surface area contributed by atoms with Crippen LogP contribution in [0.1, 0.15) is 29.7 Å². The number of para-hydroxylation sites is 2. The molecule has 5 nitrogen and oxygen atoms in total. The molecule has 1 aliphatic rings. The van der Waals surface area contributed by atoms with Gasteiger partial charge in [0.25, 0.3) is 0 Å². The summed E-state index contributed by atoms with van der Waals surface area (Å²) in [6.07, 6.45) is 1.87. The lowest BCUT2D eigenvalue weighted by Crippen LogP contribution is -2.49. The highest BCUT2D eigenvalue weighted by Crippen LogP contribution is 2.33. The van der Waals surface area contributed by atoms with E-state index in [9.17, 15) is 4.79 Å². The van der Waals surface area contributed by atoms with E-state index in [1.54, 1.807) is 0 Å². The first-order valence-electron chi connectivity index (χ1n) is 12.1. The first-order valence-corrected chi connectivity index (χ1v) is 12.1. The van der Waals surface area contributed by atoms with E-state index in [2.05, 4.69) is 77.6 Å². The van der Waals surface area contributed by atoms with Gasteiger partial charge in [0, 0.05) is 42.4 Å². The molecule has 0 atom stereocenters. The number of nitrogens with zero attached hydrogens (tertiary/aromatic N) is 2. The Hall–Kier alpha value is -3.57. The molecular formula is C29H32N4O. The molecule has 0 saturated carbocycles. The lowest BCUT2D eigenvalue weighted by molar-refractivity contribution is 0.200. The maximum Gasteiger partial charge on any atom is 0.326 e. The monoisotopic (exact) mass is 452 g/mol. The van der Waals surface area contributed by atoms with Crippen LogP contribution in [0.15, 0.2) is 78.9 Å². The number of H-pyrrole nitrogens is 1. The van der Waals surface area contributed by atoms with Crippen molar-refractivity contribution in [1.82, 2.24) is 9.88 Å². The number of anilines is 2. The van der Waals surface area contributed by atoms with Crippen molar-refractivity contribution < 1.29 is 4.79 Å². The third-order valence-electron chi connectivity index (χ3n) is 7.00. The molecular weight excluding hydrogens is 420 g/mol. The molecule has 4 aromatic rings. The summed E-state index contributed by atoms with van der Waals surface area (Å²) in [5.41, 5.74) is 6.50. The molecule has 2 N–H and O–H groups in total. The third kappa shape index (κ3) is 4.57. The van der Waals surface area contributed by atoms with Gasteiger partial charge in [-0.1, -0.05) is 60.7 Å². The van der Waals surface area contributed by atoms with Gasteiger partial charge in [0.2, 0.25) is 0 Å². The Balaban J connectivity index is 1.42. The fourth-order valence-corrected chi connectivity index (χ4v) is 5.02. The first kappa shape index (κ1) is 22.2. The van der Waals surface area contributed by atoms with E-state index in [0.717, 1.165) is 55.1 Å². The van der Waals surface area contributed by atoms with Gasteiger partial charge >= 0.3 is 6.03 Å². The minimum absolute atomic E-state index is 0.0786. The molecule has 0 unspecified atom stereocenters. The topological polar surface area (TPSA) is 51.4 Å². The van der Waals surface area contributed by atoms with E-state index in [1.165, 1.54) is 16.5 Å². The predicted molar refractivity (Wildman–Crippen MR) is 140 cm³/mol. The minimum Gasteiger partial charge on any atom is -0.357 e. The van der Waals surface area contributed by atoms with Gasteiger partial charge in [-0.15, -0.1) is 0 Å². The molecule has 5 heteroatoms. The van der Waals surface area contributed by atoms with Crippen molar-refractivity contribution in [3.8, 4) is 0 Å². The number of aryl methyl sites for hydroxylation is 2. The Morgan fingerprint density at radius 3 is 2.32 bits per heavy atom. The van der Waals surface area contributed by atoms with E-state index >= 15 is 0 Å². The maximum atomic E-state index is 13.7. The van der Waals surface area contributed by atoms with Crippen molar-refractivity contribution in [2.75, 3.05) is 23.3 Å². The molecule has 0 aliphatic carbocycles. The number of aromatic amines is 1. The zero-order valence-electron chi connectivity index (χ0n) is 19.9. The molecule has 0 spiro atoms. The van der Waals surface area contributed by atoms with Gasteiger partial charge in [0.1, 0.15) is 0 Å². The van der Waals surface area contributed by atoms with E-state index in [1.807, 2.05) is 35.2 Å². The molecule has 1 aliphatic heterocycles. The van der Waals surface area contributed by atoms with Crippen LogP contribution in [0, 0.1) is 13.8 Å². The number of carbonyl (C=O) groups excluding carboxylic acids is 1. The van der Waals surface area contributed by atoms with Crippen LogP contribution in [0.3, 0.4) is 0 Å². The summed E-state index contributed by atoms with van der Waals surface area (Å²) in [4.78, 5) is 21.7. The molecule has 1 saturated heterocycles. The zero-order valence-corrected chi connectivity index (χ0v) is 19.9. The number of nitrogens with one attached hydrogen (secondary N) is 2. The standard InChI is InChI=1S/C29H32N4O/c1-21-22(2)30-28-26(21)14-9-15-27(28)33(29(34)31-24-12-7-4-8-13-24)25-16-18-32(19-17-25)20-23-10-5-3-6-11-23/h3-15,25,30H,16-20H2,1-2H3,(H,31,34). The zero-order chi connectivity index (χ0) is 23.5. The quantitative estimate of drug-likeness (QED) is 0.364. The number of aromatic nitrogens is 1. The average molecular weight is 453 g/mol. The number of amides is 2. The van der Waals surface area contributed by atoms with Crippen molar-refractivity contribution in [3.63, 3.8) is 0 Å². The Morgan fingerprint density at radius 1 is 0.941 bits per heavy atom. The van der Waals surface area contributed by atoms with Gasteiger partial charge in [0.05, 0.1) is 11.2 Å². The summed E-state index contributed by atoms with van der Waals surface area (Å²) in [5.74, 6) is 0. The number of likely N-dealkylation sites (tertiary alicyclic amines) is 1. The Kier molecular flexibility index (Phi) is 6.37. The molecule has 0 bridgehead atoms. The highest BCUT2D eigenvalue weighted by atomic mass is 16.2. The van der Waals surface area contributed by atoms with Crippen molar-refractivity contribution in [1.29, 1.82) is 0 Å². The Bertz CT molecular complexity index is 1260. The van der Waals surface area contributed by atoms with Gasteiger partial charge in [-0.3, -0.25) is 9.80 Å². The molecule has 2 amide bonds. The van der Waals surface area contributed by atoms with Crippen LogP contribution in [-0.2, 0) is 6.54 Å². The Morgan fingerprint density at radius 2 is 1.62 bits per heavy atom. The summed E-state index contributed by atoms with van der Waals surface area (Å²) in [5, 5.41) is 4.31. The van der Waals surface area contributed by atoms with Crippen LogP contribution in [0.25, 0.3) is 10.9 Å². The van der Waals surface area contributed by atoms with Crippen LogP contribution >= 0.6 is 0 Å². The van der Waals surface area contributed by atoms with Gasteiger partial charge in [-0.2, -0.15) is 0 Å².